The van der Waals surface area contributed by atoms with Crippen LogP contribution >= 0.6 is 0 Å². The topological polar surface area (TPSA) is 95.9 Å². The minimum Gasteiger partial charge on any atom is -0.480 e. The van der Waals surface area contributed by atoms with Gasteiger partial charge in [0.15, 0.2) is 0 Å². The Morgan fingerprint density at radius 2 is 1.49 bits per heavy atom. The quantitative estimate of drug-likeness (QED) is 0.518. The standard InChI is InChI=1S/C30H30N2O5/c1-18(2)27(28(33)32-16-20-10-4-3-9-19(20)15-26(32)29(34)35)31-30(36)37-17-25-23-13-7-5-11-21(23)22-12-6-8-14-24(22)25/h3-14,18,25-27H,15-17H2,1-2H3,(H,31,36)(H,34,35)/t26-,27-/m0/s1. The maximum atomic E-state index is 13.6. The van der Waals surface area contributed by atoms with Gasteiger partial charge in [0.2, 0.25) is 5.91 Å². The van der Waals surface area contributed by atoms with Crippen molar-refractivity contribution in [3.8, 4) is 11.1 Å². The largest absolute Gasteiger partial charge is 0.480 e. The number of carbonyl (C=O) groups excluding carboxylic acids is 2. The number of alkyl carbamates (subject to hydrolysis) is 1. The third kappa shape index (κ3) is 4.69. The summed E-state index contributed by atoms with van der Waals surface area (Å²) < 4.78 is 5.65. The van der Waals surface area contributed by atoms with Crippen LogP contribution < -0.4 is 5.32 Å². The number of hydrogen-bond donors (Lipinski definition) is 2. The second kappa shape index (κ2) is 10.1. The van der Waals surface area contributed by atoms with Gasteiger partial charge in [0.05, 0.1) is 0 Å². The molecule has 2 atom stereocenters. The predicted octanol–water partition coefficient (Wildman–Crippen LogP) is 4.59. The van der Waals surface area contributed by atoms with Crippen LogP contribution in [0.4, 0.5) is 4.79 Å². The van der Waals surface area contributed by atoms with Crippen LogP contribution in [0.1, 0.15) is 42.0 Å². The Labute approximate surface area is 216 Å². The van der Waals surface area contributed by atoms with Crippen molar-refractivity contribution in [1.29, 1.82) is 0 Å². The number of ether oxygens (including phenoxy) is 1. The SMILES string of the molecule is CC(C)[C@H](NC(=O)OCC1c2ccccc2-c2ccccc21)C(=O)N1Cc2ccccc2C[C@H]1C(=O)O. The van der Waals surface area contributed by atoms with Crippen molar-refractivity contribution in [2.75, 3.05) is 6.61 Å². The molecule has 0 radical (unpaired) electrons. The fourth-order valence-corrected chi connectivity index (χ4v) is 5.43. The number of nitrogens with zero attached hydrogens (tertiary/aromatic N) is 1. The van der Waals surface area contributed by atoms with E-state index in [1.807, 2.05) is 74.5 Å². The Bertz CT molecular complexity index is 1310. The van der Waals surface area contributed by atoms with E-state index in [2.05, 4.69) is 17.4 Å². The van der Waals surface area contributed by atoms with Crippen molar-refractivity contribution in [3.05, 3.63) is 95.1 Å². The monoisotopic (exact) mass is 498 g/mol. The van der Waals surface area contributed by atoms with Crippen molar-refractivity contribution in [2.45, 2.75) is 44.8 Å². The lowest BCUT2D eigenvalue weighted by Gasteiger charge is -2.37. The lowest BCUT2D eigenvalue weighted by molar-refractivity contribution is -0.152. The molecule has 2 amide bonds. The molecule has 0 spiro atoms. The van der Waals surface area contributed by atoms with Crippen LogP contribution in [-0.2, 0) is 27.3 Å². The second-order valence-electron chi connectivity index (χ2n) is 9.98. The zero-order chi connectivity index (χ0) is 26.1. The van der Waals surface area contributed by atoms with E-state index in [1.54, 1.807) is 0 Å². The number of carbonyl (C=O) groups is 3. The van der Waals surface area contributed by atoms with Gasteiger partial charge in [-0.1, -0.05) is 86.6 Å². The number of hydrogen-bond acceptors (Lipinski definition) is 4. The summed E-state index contributed by atoms with van der Waals surface area (Å²) in [6.07, 6.45) is -0.467. The Morgan fingerprint density at radius 3 is 2.08 bits per heavy atom. The number of rotatable bonds is 6. The summed E-state index contributed by atoms with van der Waals surface area (Å²) in [6, 6.07) is 21.8. The lowest BCUT2D eigenvalue weighted by atomic mass is 9.92. The Morgan fingerprint density at radius 1 is 0.919 bits per heavy atom. The van der Waals surface area contributed by atoms with Gasteiger partial charge in [-0.25, -0.2) is 9.59 Å². The maximum absolute atomic E-state index is 13.6. The lowest BCUT2D eigenvalue weighted by Crippen LogP contribution is -2.57. The number of carboxylic acids is 1. The van der Waals surface area contributed by atoms with E-state index < -0.39 is 30.1 Å². The van der Waals surface area contributed by atoms with E-state index in [1.165, 1.54) is 4.90 Å². The molecule has 5 rings (SSSR count). The number of nitrogens with one attached hydrogen (secondary N) is 1. The second-order valence-corrected chi connectivity index (χ2v) is 9.98. The fraction of sp³-hybridized carbons (Fsp3) is 0.300. The fourth-order valence-electron chi connectivity index (χ4n) is 5.43. The minimum absolute atomic E-state index is 0.0960. The van der Waals surface area contributed by atoms with E-state index in [-0.39, 0.29) is 31.4 Å². The molecule has 0 unspecified atom stereocenters. The first kappa shape index (κ1) is 24.6. The molecule has 1 heterocycles. The van der Waals surface area contributed by atoms with Crippen molar-refractivity contribution >= 4 is 18.0 Å². The maximum Gasteiger partial charge on any atom is 0.407 e. The number of benzene rings is 3. The van der Waals surface area contributed by atoms with Crippen LogP contribution in [0, 0.1) is 5.92 Å². The van der Waals surface area contributed by atoms with Gasteiger partial charge in [0.1, 0.15) is 18.7 Å². The van der Waals surface area contributed by atoms with Crippen LogP contribution in [0.5, 0.6) is 0 Å². The summed E-state index contributed by atoms with van der Waals surface area (Å²) >= 11 is 0. The summed E-state index contributed by atoms with van der Waals surface area (Å²) in [5, 5.41) is 12.6. The molecule has 7 heteroatoms. The van der Waals surface area contributed by atoms with Crippen LogP contribution in [0.15, 0.2) is 72.8 Å². The molecule has 0 saturated heterocycles. The van der Waals surface area contributed by atoms with Gasteiger partial charge >= 0.3 is 12.1 Å². The van der Waals surface area contributed by atoms with E-state index >= 15 is 0 Å². The van der Waals surface area contributed by atoms with E-state index in [4.69, 9.17) is 4.74 Å². The summed E-state index contributed by atoms with van der Waals surface area (Å²) in [4.78, 5) is 39.9. The summed E-state index contributed by atoms with van der Waals surface area (Å²) in [5.74, 6) is -1.85. The molecular formula is C30H30N2O5. The van der Waals surface area contributed by atoms with Crippen LogP contribution in [0.25, 0.3) is 11.1 Å². The highest BCUT2D eigenvalue weighted by atomic mass is 16.5. The van der Waals surface area contributed by atoms with Gasteiger partial charge in [-0.3, -0.25) is 4.79 Å². The highest BCUT2D eigenvalue weighted by molar-refractivity contribution is 5.90. The van der Waals surface area contributed by atoms with Crippen molar-refractivity contribution in [2.24, 2.45) is 5.92 Å². The number of aliphatic carboxylic acids is 1. The molecule has 1 aliphatic carbocycles. The van der Waals surface area contributed by atoms with E-state index in [0.29, 0.717) is 0 Å². The van der Waals surface area contributed by atoms with Gasteiger partial charge in [-0.2, -0.15) is 0 Å². The molecule has 0 saturated carbocycles. The van der Waals surface area contributed by atoms with Crippen LogP contribution in [0.2, 0.25) is 0 Å². The van der Waals surface area contributed by atoms with Crippen LogP contribution in [-0.4, -0.2) is 46.7 Å². The van der Waals surface area contributed by atoms with E-state index in [0.717, 1.165) is 33.4 Å². The van der Waals surface area contributed by atoms with Crippen molar-refractivity contribution in [1.82, 2.24) is 10.2 Å². The Balaban J connectivity index is 1.30. The van der Waals surface area contributed by atoms with Gasteiger partial charge < -0.3 is 20.1 Å². The van der Waals surface area contributed by atoms with Gasteiger partial charge in [0, 0.05) is 18.9 Å². The highest BCUT2D eigenvalue weighted by Crippen LogP contribution is 2.44. The molecule has 1 aliphatic heterocycles. The van der Waals surface area contributed by atoms with E-state index in [9.17, 15) is 19.5 Å². The van der Waals surface area contributed by atoms with Gasteiger partial charge in [-0.15, -0.1) is 0 Å². The van der Waals surface area contributed by atoms with Crippen molar-refractivity contribution in [3.63, 3.8) is 0 Å². The third-order valence-electron chi connectivity index (χ3n) is 7.37. The molecular weight excluding hydrogens is 468 g/mol. The average Bonchev–Trinajstić information content (AvgIpc) is 3.23. The van der Waals surface area contributed by atoms with Crippen LogP contribution in [0.3, 0.4) is 0 Å². The zero-order valence-corrected chi connectivity index (χ0v) is 20.9. The first-order valence-corrected chi connectivity index (χ1v) is 12.6. The van der Waals surface area contributed by atoms with Gasteiger partial charge in [-0.05, 0) is 39.3 Å². The summed E-state index contributed by atoms with van der Waals surface area (Å²) in [7, 11) is 0. The number of fused-ring (bicyclic) bond motifs is 4. The molecule has 2 N–H and O–H groups in total. The van der Waals surface area contributed by atoms with Gasteiger partial charge in [0.25, 0.3) is 0 Å². The molecule has 3 aromatic carbocycles. The molecule has 3 aromatic rings. The zero-order valence-electron chi connectivity index (χ0n) is 20.9. The molecule has 0 aromatic heterocycles. The average molecular weight is 499 g/mol. The smallest absolute Gasteiger partial charge is 0.407 e. The first-order chi connectivity index (χ1) is 17.8. The highest BCUT2D eigenvalue weighted by Gasteiger charge is 2.39. The minimum atomic E-state index is -1.06. The normalized spacial score (nSPS) is 16.9. The molecule has 0 fully saturated rings. The molecule has 37 heavy (non-hydrogen) atoms. The Kier molecular flexibility index (Phi) is 6.70. The number of amides is 2. The molecule has 190 valence electrons. The number of carboxylic acid groups (broad SMARTS) is 1. The van der Waals surface area contributed by atoms with Crippen molar-refractivity contribution < 1.29 is 24.2 Å². The third-order valence-corrected chi connectivity index (χ3v) is 7.37. The summed E-state index contributed by atoms with van der Waals surface area (Å²) in [6.45, 7) is 3.95. The Hall–Kier alpha value is -4.13. The molecule has 0 bridgehead atoms. The molecule has 2 aliphatic rings. The first-order valence-electron chi connectivity index (χ1n) is 12.6. The summed E-state index contributed by atoms with van der Waals surface area (Å²) in [5.41, 5.74) is 6.30. The predicted molar refractivity (Wildman–Crippen MR) is 139 cm³/mol. The molecule has 7 nitrogen and oxygen atoms in total.